The largest absolute Gasteiger partial charge is 0.497 e. The van der Waals surface area contributed by atoms with E-state index in [1.54, 1.807) is 7.11 Å². The van der Waals surface area contributed by atoms with Crippen molar-refractivity contribution in [2.45, 2.75) is 39.0 Å². The molecule has 2 heteroatoms. The number of rotatable bonds is 5. The Hall–Kier alpha value is -1.18. The lowest BCUT2D eigenvalue weighted by molar-refractivity contribution is 0.273. The number of nitrogens with one attached hydrogen (secondary N) is 1. The summed E-state index contributed by atoms with van der Waals surface area (Å²) in [5.41, 5.74) is 1.19. The Labute approximate surface area is 111 Å². The first-order valence-electron chi connectivity index (χ1n) is 7.17. The third-order valence-corrected chi connectivity index (χ3v) is 4.17. The molecule has 0 bridgehead atoms. The van der Waals surface area contributed by atoms with Gasteiger partial charge in [-0.2, -0.15) is 0 Å². The second-order valence-electron chi connectivity index (χ2n) is 5.48. The van der Waals surface area contributed by atoms with E-state index in [9.17, 15) is 0 Å². The Morgan fingerprint density at radius 3 is 2.44 bits per heavy atom. The smallest absolute Gasteiger partial charge is 0.119 e. The van der Waals surface area contributed by atoms with E-state index < -0.39 is 0 Å². The summed E-state index contributed by atoms with van der Waals surface area (Å²) in [6, 6.07) is 8.19. The first kappa shape index (κ1) is 13.3. The van der Waals surface area contributed by atoms with Crippen LogP contribution in [-0.4, -0.2) is 13.7 Å². The van der Waals surface area contributed by atoms with Crippen LogP contribution in [0.4, 0.5) is 5.69 Å². The fourth-order valence-corrected chi connectivity index (χ4v) is 2.86. The molecule has 1 N–H and O–H groups in total. The molecule has 0 amide bonds. The Bertz CT molecular complexity index is 341. The maximum absolute atomic E-state index is 5.16. The van der Waals surface area contributed by atoms with E-state index in [1.165, 1.54) is 37.8 Å². The van der Waals surface area contributed by atoms with Crippen LogP contribution in [0, 0.1) is 11.8 Å². The van der Waals surface area contributed by atoms with E-state index in [0.717, 1.165) is 24.1 Å². The number of methoxy groups -OCH3 is 1. The van der Waals surface area contributed by atoms with Gasteiger partial charge < -0.3 is 10.1 Å². The van der Waals surface area contributed by atoms with Gasteiger partial charge in [0.2, 0.25) is 0 Å². The quantitative estimate of drug-likeness (QED) is 0.836. The average molecular weight is 247 g/mol. The lowest BCUT2D eigenvalue weighted by atomic mass is 9.81. The molecular weight excluding hydrogens is 222 g/mol. The number of anilines is 1. The summed E-state index contributed by atoms with van der Waals surface area (Å²) in [5.74, 6) is 2.61. The average Bonchev–Trinajstić information content (AvgIpc) is 2.46. The van der Waals surface area contributed by atoms with E-state index >= 15 is 0 Å². The molecular formula is C16H25NO. The van der Waals surface area contributed by atoms with Crippen molar-refractivity contribution in [2.24, 2.45) is 11.8 Å². The molecule has 100 valence electrons. The second kappa shape index (κ2) is 6.67. The van der Waals surface area contributed by atoms with Gasteiger partial charge >= 0.3 is 0 Å². The highest BCUT2D eigenvalue weighted by molar-refractivity contribution is 5.46. The highest BCUT2D eigenvalue weighted by Crippen LogP contribution is 2.30. The molecule has 1 unspecified atom stereocenters. The molecule has 0 saturated heterocycles. The molecule has 0 radical (unpaired) electrons. The van der Waals surface area contributed by atoms with Crippen molar-refractivity contribution in [1.82, 2.24) is 0 Å². The van der Waals surface area contributed by atoms with Gasteiger partial charge in [-0.25, -0.2) is 0 Å². The zero-order chi connectivity index (χ0) is 12.8. The maximum Gasteiger partial charge on any atom is 0.119 e. The maximum atomic E-state index is 5.16. The van der Waals surface area contributed by atoms with Gasteiger partial charge in [-0.05, 0) is 36.1 Å². The molecule has 1 aromatic carbocycles. The topological polar surface area (TPSA) is 21.3 Å². The summed E-state index contributed by atoms with van der Waals surface area (Å²) in [6.45, 7) is 3.46. The molecule has 0 aromatic heterocycles. The Balaban J connectivity index is 1.78. The summed E-state index contributed by atoms with van der Waals surface area (Å²) in [7, 11) is 1.70. The van der Waals surface area contributed by atoms with Crippen molar-refractivity contribution >= 4 is 5.69 Å². The third-order valence-electron chi connectivity index (χ3n) is 4.17. The van der Waals surface area contributed by atoms with Crippen molar-refractivity contribution in [1.29, 1.82) is 0 Å². The van der Waals surface area contributed by atoms with E-state index in [0.29, 0.717) is 0 Å². The van der Waals surface area contributed by atoms with Crippen molar-refractivity contribution in [3.8, 4) is 5.75 Å². The van der Waals surface area contributed by atoms with Gasteiger partial charge in [-0.15, -0.1) is 0 Å². The van der Waals surface area contributed by atoms with Gasteiger partial charge in [0, 0.05) is 12.2 Å². The van der Waals surface area contributed by atoms with Gasteiger partial charge in [-0.1, -0.05) is 39.0 Å². The van der Waals surface area contributed by atoms with E-state index in [4.69, 9.17) is 4.74 Å². The van der Waals surface area contributed by atoms with Gasteiger partial charge in [0.15, 0.2) is 0 Å². The highest BCUT2D eigenvalue weighted by atomic mass is 16.5. The molecule has 2 rings (SSSR count). The number of hydrogen-bond acceptors (Lipinski definition) is 2. The molecule has 18 heavy (non-hydrogen) atoms. The van der Waals surface area contributed by atoms with Crippen molar-refractivity contribution in [2.75, 3.05) is 19.0 Å². The first-order valence-corrected chi connectivity index (χ1v) is 7.17. The molecule has 1 atom stereocenters. The van der Waals surface area contributed by atoms with Crippen molar-refractivity contribution < 1.29 is 4.74 Å². The van der Waals surface area contributed by atoms with Gasteiger partial charge in [0.25, 0.3) is 0 Å². The normalized spacial score (nSPS) is 18.3. The van der Waals surface area contributed by atoms with Crippen LogP contribution >= 0.6 is 0 Å². The summed E-state index contributed by atoms with van der Waals surface area (Å²) >= 11 is 0. The fourth-order valence-electron chi connectivity index (χ4n) is 2.86. The van der Waals surface area contributed by atoms with Crippen LogP contribution in [0.1, 0.15) is 39.0 Å². The Morgan fingerprint density at radius 2 is 1.83 bits per heavy atom. The molecule has 1 aliphatic carbocycles. The molecule has 0 heterocycles. The standard InChI is InChI=1S/C16H25NO/c1-13(14-6-4-3-5-7-14)12-17-15-8-10-16(18-2)11-9-15/h8-11,13-14,17H,3-7,12H2,1-2H3. The zero-order valence-corrected chi connectivity index (χ0v) is 11.6. The van der Waals surface area contributed by atoms with Crippen LogP contribution in [0.25, 0.3) is 0 Å². The fraction of sp³-hybridized carbons (Fsp3) is 0.625. The van der Waals surface area contributed by atoms with Crippen LogP contribution in [0.5, 0.6) is 5.75 Å². The second-order valence-corrected chi connectivity index (χ2v) is 5.48. The third kappa shape index (κ3) is 3.66. The Kier molecular flexibility index (Phi) is 4.91. The van der Waals surface area contributed by atoms with Crippen LogP contribution in [-0.2, 0) is 0 Å². The SMILES string of the molecule is COc1ccc(NCC(C)C2CCCCC2)cc1. The number of benzene rings is 1. The van der Waals surface area contributed by atoms with Crippen LogP contribution < -0.4 is 10.1 Å². The van der Waals surface area contributed by atoms with Gasteiger partial charge in [0.1, 0.15) is 5.75 Å². The summed E-state index contributed by atoms with van der Waals surface area (Å²) < 4.78 is 5.16. The first-order chi connectivity index (χ1) is 8.79. The van der Waals surface area contributed by atoms with Crippen LogP contribution in [0.15, 0.2) is 24.3 Å². The molecule has 1 fully saturated rings. The van der Waals surface area contributed by atoms with Gasteiger partial charge in [0.05, 0.1) is 7.11 Å². The minimum atomic E-state index is 0.771. The van der Waals surface area contributed by atoms with Crippen LogP contribution in [0.3, 0.4) is 0 Å². The molecule has 0 spiro atoms. The summed E-state index contributed by atoms with van der Waals surface area (Å²) in [5, 5.41) is 3.54. The molecule has 1 aromatic rings. The van der Waals surface area contributed by atoms with E-state index in [2.05, 4.69) is 24.4 Å². The Morgan fingerprint density at radius 1 is 1.17 bits per heavy atom. The highest BCUT2D eigenvalue weighted by Gasteiger charge is 2.19. The summed E-state index contributed by atoms with van der Waals surface area (Å²) in [6.07, 6.45) is 7.14. The number of hydrogen-bond donors (Lipinski definition) is 1. The molecule has 1 saturated carbocycles. The monoisotopic (exact) mass is 247 g/mol. The molecule has 2 nitrogen and oxygen atoms in total. The van der Waals surface area contributed by atoms with E-state index in [1.807, 2.05) is 12.1 Å². The predicted octanol–water partition coefficient (Wildman–Crippen LogP) is 4.32. The van der Waals surface area contributed by atoms with E-state index in [-0.39, 0.29) is 0 Å². The number of ether oxygens (including phenoxy) is 1. The van der Waals surface area contributed by atoms with Gasteiger partial charge in [-0.3, -0.25) is 0 Å². The van der Waals surface area contributed by atoms with Crippen LogP contribution in [0.2, 0.25) is 0 Å². The zero-order valence-electron chi connectivity index (χ0n) is 11.6. The van der Waals surface area contributed by atoms with Crippen molar-refractivity contribution in [3.63, 3.8) is 0 Å². The molecule has 1 aliphatic rings. The summed E-state index contributed by atoms with van der Waals surface area (Å²) in [4.78, 5) is 0. The minimum absolute atomic E-state index is 0.771. The lowest BCUT2D eigenvalue weighted by Crippen LogP contribution is -2.22. The van der Waals surface area contributed by atoms with Crippen molar-refractivity contribution in [3.05, 3.63) is 24.3 Å². The minimum Gasteiger partial charge on any atom is -0.497 e. The lowest BCUT2D eigenvalue weighted by Gasteiger charge is -2.28. The predicted molar refractivity (Wildman–Crippen MR) is 77.2 cm³/mol. The molecule has 0 aliphatic heterocycles.